The summed E-state index contributed by atoms with van der Waals surface area (Å²) in [5.74, 6) is -16.3. The van der Waals surface area contributed by atoms with Crippen molar-refractivity contribution in [3.05, 3.63) is 120 Å². The SMILES string of the molecule is CCCC[C@H]1C(O)N(C)[C@@H](CCCC)C(=O)N[C@@H](CCCNC(=N)N)C(=O)N[C@H](C(=O)NCC(C)=O)CSCC(=O)N[C@@H](Cc2ccc(O)cc2)C(=O)N(C)[C@@H](C)C(=O)N[C@@H](CC(N)=O)C(=O)N2CCC[C@H]2C(=O)N[C@@H](Cc2cnc[nH]2)C(=O)N[C@@H](CC(C)C)C(=O)N2C[C@H](O)C[C@H]2C(=O)N[C@@H](Cc2c[nH]c3ccccc23)C(=O)N[C@@H](CO)C(=O)N[C@@H](Cc2c[nH]c3ccccc23)C(=O)N1C. The van der Waals surface area contributed by atoms with Crippen LogP contribution in [0.1, 0.15) is 147 Å². The van der Waals surface area contributed by atoms with Crippen LogP contribution in [0.15, 0.2) is 97.7 Å². The number of Topliss-reactive ketones (excluding diaryl/α,β-unsaturated/α-hetero) is 1. The fraction of sp³-hybridized carbons (Fsp3) is 0.543. The number of amides is 15. The van der Waals surface area contributed by atoms with Gasteiger partial charge in [0.05, 0.1) is 49.8 Å². The molecular formula is C92H131N23O20S. The van der Waals surface area contributed by atoms with E-state index in [1.54, 1.807) is 74.8 Å². The minimum atomic E-state index is -1.87. The van der Waals surface area contributed by atoms with Crippen LogP contribution in [0.5, 0.6) is 5.75 Å². The largest absolute Gasteiger partial charge is 0.508 e. The topological polar surface area (TPSA) is 639 Å². The summed E-state index contributed by atoms with van der Waals surface area (Å²) in [5, 5.41) is 84.5. The number of rotatable bonds is 26. The molecule has 3 aliphatic heterocycles. The second kappa shape index (κ2) is 51.0. The van der Waals surface area contributed by atoms with Gasteiger partial charge in [-0.2, -0.15) is 0 Å². The Hall–Kier alpha value is -13.1. The summed E-state index contributed by atoms with van der Waals surface area (Å²) in [6, 6.07) is -1.56. The molecule has 740 valence electrons. The van der Waals surface area contributed by atoms with Crippen molar-refractivity contribution in [2.24, 2.45) is 17.4 Å². The van der Waals surface area contributed by atoms with E-state index in [0.29, 0.717) is 69.9 Å². The Morgan fingerprint density at radius 1 is 0.588 bits per heavy atom. The first-order valence-corrected chi connectivity index (χ1v) is 47.1. The van der Waals surface area contributed by atoms with Gasteiger partial charge in [-0.05, 0) is 113 Å². The molecule has 16 atom stereocenters. The number of ketones is 1. The second-order valence-electron chi connectivity index (χ2n) is 35.4. The van der Waals surface area contributed by atoms with Gasteiger partial charge in [0, 0.05) is 118 Å². The van der Waals surface area contributed by atoms with Crippen LogP contribution in [0.3, 0.4) is 0 Å². The Morgan fingerprint density at radius 2 is 1.14 bits per heavy atom. The number of imidazole rings is 1. The summed E-state index contributed by atoms with van der Waals surface area (Å²) in [7, 11) is 4.09. The summed E-state index contributed by atoms with van der Waals surface area (Å²) < 4.78 is 0. The van der Waals surface area contributed by atoms with E-state index >= 15 is 38.4 Å². The van der Waals surface area contributed by atoms with E-state index in [4.69, 9.17) is 16.9 Å². The molecule has 43 nitrogen and oxygen atoms in total. The molecule has 6 heterocycles. The molecule has 0 radical (unpaired) electrons. The summed E-state index contributed by atoms with van der Waals surface area (Å²) >= 11 is 0.801. The normalized spacial score (nSPS) is 25.3. The van der Waals surface area contributed by atoms with E-state index in [0.717, 1.165) is 26.5 Å². The molecule has 9 rings (SSSR count). The van der Waals surface area contributed by atoms with Crippen LogP contribution >= 0.6 is 11.8 Å². The number of nitrogens with zero attached hydrogens (tertiary/aromatic N) is 6. The Labute approximate surface area is 791 Å². The third-order valence-electron chi connectivity index (χ3n) is 24.6. The summed E-state index contributed by atoms with van der Waals surface area (Å²) in [6.07, 6.45) is 2.55. The smallest absolute Gasteiger partial charge is 0.246 e. The number of para-hydroxylation sites is 2. The highest BCUT2D eigenvalue weighted by Crippen LogP contribution is 2.29. The molecule has 3 aromatic heterocycles. The maximum Gasteiger partial charge on any atom is 0.246 e. The Balaban J connectivity index is 1.10. The zero-order valence-electron chi connectivity index (χ0n) is 78.1. The van der Waals surface area contributed by atoms with Crippen molar-refractivity contribution in [1.29, 1.82) is 5.41 Å². The molecule has 44 heteroatoms. The van der Waals surface area contributed by atoms with Gasteiger partial charge in [-0.25, -0.2) is 4.98 Å². The monoisotopic (exact) mass is 1910 g/mol. The predicted molar refractivity (Wildman–Crippen MR) is 502 cm³/mol. The number of primary amides is 1. The highest BCUT2D eigenvalue weighted by molar-refractivity contribution is 8.00. The van der Waals surface area contributed by atoms with E-state index in [-0.39, 0.29) is 102 Å². The number of aromatic hydroxyl groups is 1. The van der Waals surface area contributed by atoms with Gasteiger partial charge in [0.25, 0.3) is 0 Å². The molecule has 23 N–H and O–H groups in total. The number of phenols is 1. The number of phenolic OH excluding ortho intramolecular Hbond substituents is 1. The molecule has 3 fully saturated rings. The lowest BCUT2D eigenvalue weighted by molar-refractivity contribution is -0.147. The van der Waals surface area contributed by atoms with Crippen molar-refractivity contribution < 1.29 is 97.1 Å². The molecule has 15 amide bonds. The number of aliphatic hydroxyl groups is 3. The molecule has 3 aromatic carbocycles. The number of aromatic amines is 3. The number of unbranched alkanes of at least 4 members (excludes halogenated alkanes) is 2. The number of hydrogen-bond acceptors (Lipinski definition) is 24. The van der Waals surface area contributed by atoms with Crippen LogP contribution < -0.4 is 70.0 Å². The van der Waals surface area contributed by atoms with Crippen molar-refractivity contribution in [3.63, 3.8) is 0 Å². The van der Waals surface area contributed by atoms with Gasteiger partial charge in [-0.3, -0.25) is 87.0 Å². The maximum absolute atomic E-state index is 15.8. The second-order valence-corrected chi connectivity index (χ2v) is 36.4. The molecule has 0 bridgehead atoms. The Kier molecular flexibility index (Phi) is 40.0. The summed E-state index contributed by atoms with van der Waals surface area (Å²) in [4.78, 5) is 255. The van der Waals surface area contributed by atoms with Crippen LogP contribution in [0.25, 0.3) is 21.8 Å². The van der Waals surface area contributed by atoms with Crippen molar-refractivity contribution >= 4 is 134 Å². The standard InChI is InChI=1S/C92H131N23O20S/c1-10-12-25-72-84(128)103-63(24-18-32-97-92(94)95)80(124)110-71(79(123)100-41-51(5)117)47-136-48-77(121)102-67(35-53-28-30-57(118)31-29-53)87(131)111(7)52(6)78(122)106-69(40-76(93)120)89(133)114-33-19-27-73(114)85(129)105-65(38-56-44-96-49-101-56)82(126)107-66(34-50(3)4)90(134)115-45-58(119)39-75(115)86(130)104-64(36-54-42-98-61-22-16-14-20-59(54)61)81(125)109-70(46-116)83(127)108-68(37-55-43-99-62-23-17-15-21-60(55)62)88(132)113(9)74(26-13-11-2)91(135)112(72)8/h14-17,20-23,28-31,42-44,49-50,52,58,63-75,91,98-99,116,118-119,135H,10-13,18-19,24-27,32-41,45-48H2,1-9H3,(H2,93,120)(H,96,101)(H,100,123)(H,102,121)(H,103,128)(H,104,130)(H,105,129)(H,106,122)(H,107,126)(H,108,127)(H,109,125)(H,110,124)(H4,94,95,97)/t52-,58+,63-,64-,65-,66-,67-,68-,69-,70-,71-,72-,73-,74-,75-,91?/m0/s1. The van der Waals surface area contributed by atoms with E-state index < -0.39 is 235 Å². The zero-order chi connectivity index (χ0) is 99.3. The van der Waals surface area contributed by atoms with E-state index in [1.165, 1.54) is 81.6 Å². The van der Waals surface area contributed by atoms with Gasteiger partial charge in [0.1, 0.15) is 90.3 Å². The van der Waals surface area contributed by atoms with Crippen molar-refractivity contribution in [2.75, 3.05) is 65.4 Å². The van der Waals surface area contributed by atoms with E-state index in [9.17, 15) is 58.8 Å². The molecule has 6 aromatic rings. The third-order valence-corrected chi connectivity index (χ3v) is 25.6. The maximum atomic E-state index is 15.8. The van der Waals surface area contributed by atoms with Gasteiger partial charge in [-0.15, -0.1) is 11.8 Å². The molecular weight excluding hydrogens is 1780 g/mol. The molecule has 3 aliphatic rings. The van der Waals surface area contributed by atoms with E-state index in [2.05, 4.69) is 78.4 Å². The third kappa shape index (κ3) is 29.7. The van der Waals surface area contributed by atoms with Gasteiger partial charge in [0.15, 0.2) is 5.96 Å². The fourth-order valence-electron chi connectivity index (χ4n) is 17.0. The molecule has 0 saturated carbocycles. The first-order chi connectivity index (χ1) is 64.8. The van der Waals surface area contributed by atoms with Crippen LogP contribution in [0.4, 0.5) is 0 Å². The minimum Gasteiger partial charge on any atom is -0.508 e. The number of aromatic nitrogens is 4. The number of guanidine groups is 1. The number of nitrogens with one attached hydrogen (secondary N) is 15. The molecule has 0 spiro atoms. The number of nitrogens with two attached hydrogens (primary N) is 2. The average molecular weight is 1910 g/mol. The number of carbonyl (C=O) groups is 16. The number of aliphatic hydroxyl groups excluding tert-OH is 3. The van der Waals surface area contributed by atoms with Gasteiger partial charge >= 0.3 is 0 Å². The highest BCUT2D eigenvalue weighted by atomic mass is 32.2. The average Bonchev–Trinajstić information content (AvgIpc) is 1.53. The summed E-state index contributed by atoms with van der Waals surface area (Å²) in [5.41, 5.74) is 14.4. The summed E-state index contributed by atoms with van der Waals surface area (Å²) in [6.45, 7) is 7.58. The molecule has 1 unspecified atom stereocenters. The molecule has 3 saturated heterocycles. The minimum absolute atomic E-state index is 0.0123. The number of thioether (sulfide) groups is 1. The Bertz CT molecular complexity index is 5190. The molecule has 136 heavy (non-hydrogen) atoms. The van der Waals surface area contributed by atoms with Crippen LogP contribution in [0.2, 0.25) is 0 Å². The first-order valence-electron chi connectivity index (χ1n) is 45.9. The van der Waals surface area contributed by atoms with Crippen LogP contribution in [0, 0.1) is 11.3 Å². The van der Waals surface area contributed by atoms with Gasteiger partial charge in [-0.1, -0.05) is 102 Å². The van der Waals surface area contributed by atoms with Crippen LogP contribution in [-0.2, 0) is 102 Å². The van der Waals surface area contributed by atoms with Crippen molar-refractivity contribution in [3.8, 4) is 5.75 Å². The quantitative estimate of drug-likeness (QED) is 0.0158. The predicted octanol–water partition coefficient (Wildman–Crippen LogP) is -2.03. The van der Waals surface area contributed by atoms with Gasteiger partial charge in [0.2, 0.25) is 88.6 Å². The number of carbonyl (C=O) groups excluding carboxylic acids is 16. The Morgan fingerprint density at radius 3 is 1.74 bits per heavy atom. The zero-order valence-corrected chi connectivity index (χ0v) is 78.9. The number of likely N-dealkylation sites (N-methyl/N-ethyl adjacent to an activating group) is 3. The number of fused-ring (bicyclic) bond motifs is 4. The van der Waals surface area contributed by atoms with Crippen molar-refractivity contribution in [2.45, 2.75) is 248 Å². The number of H-pyrrole nitrogens is 3. The highest BCUT2D eigenvalue weighted by Gasteiger charge is 2.47. The lowest BCUT2D eigenvalue weighted by Crippen LogP contribution is -2.62. The van der Waals surface area contributed by atoms with Crippen LogP contribution in [-0.4, -0.2) is 328 Å². The lowest BCUT2D eigenvalue weighted by atomic mass is 9.99. The number of benzene rings is 3. The fourth-order valence-corrected chi connectivity index (χ4v) is 17.9. The van der Waals surface area contributed by atoms with Crippen molar-refractivity contribution in [1.82, 2.24) is 103 Å². The first kappa shape index (κ1) is 107. The number of hydrogen-bond donors (Lipinski definition) is 21. The molecule has 0 aliphatic carbocycles. The van der Waals surface area contributed by atoms with Gasteiger partial charge < -0.3 is 125 Å². The lowest BCUT2D eigenvalue weighted by Gasteiger charge is -2.41. The van der Waals surface area contributed by atoms with E-state index in [1.807, 2.05) is 13.8 Å².